The van der Waals surface area contributed by atoms with Gasteiger partial charge in [-0.25, -0.2) is 0 Å². The first kappa shape index (κ1) is 41.6. The summed E-state index contributed by atoms with van der Waals surface area (Å²) in [5.74, 6) is 2.95. The molecule has 13 rings (SSSR count). The third-order valence-electron chi connectivity index (χ3n) is 14.4. The van der Waals surface area contributed by atoms with Crippen molar-refractivity contribution in [3.63, 3.8) is 0 Å². The van der Waals surface area contributed by atoms with E-state index in [4.69, 9.17) is 6.42 Å². The number of hydrogen-bond acceptors (Lipinski definition) is 1. The first-order chi connectivity index (χ1) is 35.1. The first-order valence-electron chi connectivity index (χ1n) is 24.2. The third kappa shape index (κ3) is 6.49. The maximum atomic E-state index is 6.17. The standard InChI is InChI=1S/C68H45N3/c1-3-20-64-56(4-2)59-28-15-18-31-65(59)71(64)54-40-38-53(39-41-54)69(52-36-33-47(34-37-52)48-35-44-67-61(45-48)60-29-16-19-32-66(60)70(67)51-25-12-7-13-26-51)55-42-43-58-57-27-14-17-30-62(57)68(63(58)46-55,49-21-8-5-9-22-49)50-23-10-6-11-24-50/h2-3,5-14,16-27,29-46H,1H3/b20-3-. The first-order valence-corrected chi connectivity index (χ1v) is 24.2. The lowest BCUT2D eigenvalue weighted by molar-refractivity contribution is 0.768. The maximum Gasteiger partial charge on any atom is 0.0714 e. The van der Waals surface area contributed by atoms with Crippen molar-refractivity contribution >= 4 is 55.8 Å². The van der Waals surface area contributed by atoms with Crippen molar-refractivity contribution in [1.82, 2.24) is 9.13 Å². The van der Waals surface area contributed by atoms with Crippen LogP contribution in [0.2, 0.25) is 0 Å². The number of benzene rings is 9. The van der Waals surface area contributed by atoms with Gasteiger partial charge in [-0.05, 0) is 149 Å². The van der Waals surface area contributed by atoms with Crippen molar-refractivity contribution in [2.45, 2.75) is 12.3 Å². The number of rotatable bonds is 9. The van der Waals surface area contributed by atoms with Gasteiger partial charge >= 0.3 is 0 Å². The van der Waals surface area contributed by atoms with Gasteiger partial charge in [-0.15, -0.1) is 6.42 Å². The second-order valence-electron chi connectivity index (χ2n) is 18.2. The van der Waals surface area contributed by atoms with Crippen LogP contribution in [0.4, 0.5) is 17.1 Å². The molecule has 3 heteroatoms. The summed E-state index contributed by atoms with van der Waals surface area (Å²) >= 11 is 0. The van der Waals surface area contributed by atoms with Crippen LogP contribution in [-0.2, 0) is 5.41 Å². The summed E-state index contributed by atoms with van der Waals surface area (Å²) in [4.78, 5) is 2.39. The van der Waals surface area contributed by atoms with Gasteiger partial charge in [-0.2, -0.15) is 0 Å². The zero-order valence-electron chi connectivity index (χ0n) is 39.1. The van der Waals surface area contributed by atoms with Crippen LogP contribution in [0.3, 0.4) is 0 Å². The lowest BCUT2D eigenvalue weighted by atomic mass is 9.67. The Labute approximate surface area is 414 Å². The molecule has 0 saturated carbocycles. The fourth-order valence-electron chi connectivity index (χ4n) is 11.4. The number of nitrogens with zero attached hydrogens (tertiary/aromatic N) is 3. The maximum absolute atomic E-state index is 6.17. The summed E-state index contributed by atoms with van der Waals surface area (Å²) in [5.41, 5.74) is 19.7. The Morgan fingerprint density at radius 3 is 1.80 bits per heavy atom. The van der Waals surface area contributed by atoms with Crippen LogP contribution >= 0.6 is 0 Å². The second kappa shape index (κ2) is 16.9. The Morgan fingerprint density at radius 2 is 1.08 bits per heavy atom. The molecule has 0 unspecified atom stereocenters. The molecule has 0 atom stereocenters. The zero-order chi connectivity index (χ0) is 47.5. The van der Waals surface area contributed by atoms with Gasteiger partial charge < -0.3 is 14.0 Å². The molecule has 71 heavy (non-hydrogen) atoms. The Hall–Kier alpha value is -9.54. The highest BCUT2D eigenvalue weighted by Crippen LogP contribution is 2.57. The topological polar surface area (TPSA) is 13.1 Å². The number of para-hydroxylation sites is 2. The van der Waals surface area contributed by atoms with Crippen LogP contribution in [0.25, 0.3) is 72.4 Å². The second-order valence-corrected chi connectivity index (χ2v) is 18.2. The summed E-state index contributed by atoms with van der Waals surface area (Å²) in [7, 11) is 0. The number of fused-ring (bicyclic) bond motifs is 7. The molecule has 0 fully saturated rings. The molecule has 1 aliphatic carbocycles. The minimum absolute atomic E-state index is 0.548. The summed E-state index contributed by atoms with van der Waals surface area (Å²) < 4.78 is 4.60. The number of anilines is 3. The quantitative estimate of drug-likeness (QED) is 0.132. The third-order valence-corrected chi connectivity index (χ3v) is 14.4. The van der Waals surface area contributed by atoms with E-state index in [1.807, 2.05) is 19.1 Å². The van der Waals surface area contributed by atoms with Gasteiger partial charge in [0.1, 0.15) is 0 Å². The van der Waals surface area contributed by atoms with E-state index in [9.17, 15) is 0 Å². The highest BCUT2D eigenvalue weighted by Gasteiger charge is 2.46. The molecule has 0 amide bonds. The van der Waals surface area contributed by atoms with Crippen molar-refractivity contribution in [2.24, 2.45) is 0 Å². The van der Waals surface area contributed by atoms with Crippen molar-refractivity contribution in [3.8, 4) is 46.0 Å². The summed E-state index contributed by atoms with van der Waals surface area (Å²) in [5, 5.41) is 3.35. The minimum atomic E-state index is -0.548. The van der Waals surface area contributed by atoms with Gasteiger partial charge in [0, 0.05) is 39.2 Å². The van der Waals surface area contributed by atoms with E-state index in [1.54, 1.807) is 0 Å². The molecule has 0 N–H and O–H groups in total. The molecule has 3 nitrogen and oxygen atoms in total. The highest BCUT2D eigenvalue weighted by atomic mass is 15.1. The molecular weight excluding hydrogens is 859 g/mol. The predicted molar refractivity (Wildman–Crippen MR) is 295 cm³/mol. The van der Waals surface area contributed by atoms with E-state index >= 15 is 0 Å². The van der Waals surface area contributed by atoms with Crippen LogP contribution in [-0.4, -0.2) is 9.13 Å². The number of allylic oxidation sites excluding steroid dienone is 1. The lowest BCUT2D eigenvalue weighted by Crippen LogP contribution is -2.28. The van der Waals surface area contributed by atoms with Crippen LogP contribution in [0.5, 0.6) is 0 Å². The van der Waals surface area contributed by atoms with Gasteiger partial charge in [0.15, 0.2) is 0 Å². The molecule has 0 saturated heterocycles. The van der Waals surface area contributed by atoms with Gasteiger partial charge in [-0.1, -0.05) is 170 Å². The Bertz CT molecular complexity index is 4000. The average molecular weight is 904 g/mol. The average Bonchev–Trinajstić information content (AvgIpc) is 4.06. The van der Waals surface area contributed by atoms with E-state index in [-0.39, 0.29) is 0 Å². The van der Waals surface area contributed by atoms with E-state index < -0.39 is 5.41 Å². The minimum Gasteiger partial charge on any atom is -0.310 e. The van der Waals surface area contributed by atoms with Crippen molar-refractivity contribution < 1.29 is 0 Å². The van der Waals surface area contributed by atoms with Gasteiger partial charge in [0.25, 0.3) is 0 Å². The SMILES string of the molecule is C#Cc1c(/C=C\C)n(-c2ccc(N(c3ccc(-c4ccc5c(c4)c4ccccc4n5-c4ccccc4)cc3)c3ccc4c(c3)C(c3ccccc3)(c3ccccc3)c3ccccc3-4)cc2)c2ccc#cc12. The zero-order valence-corrected chi connectivity index (χ0v) is 39.1. The van der Waals surface area contributed by atoms with Gasteiger partial charge in [0.2, 0.25) is 0 Å². The molecule has 1 aliphatic rings. The Kier molecular flexibility index (Phi) is 9.91. The molecule has 2 aromatic heterocycles. The molecular formula is C68H45N3. The fraction of sp³-hybridized carbons (Fsp3) is 0.0294. The van der Waals surface area contributed by atoms with Gasteiger partial charge in [0.05, 0.1) is 38.6 Å². The Balaban J connectivity index is 0.984. The molecule has 0 spiro atoms. The summed E-state index contributed by atoms with van der Waals surface area (Å²) in [6, 6.07) is 92.5. The smallest absolute Gasteiger partial charge is 0.0714 e. The van der Waals surface area contributed by atoms with Crippen molar-refractivity contribution in [3.05, 3.63) is 288 Å². The van der Waals surface area contributed by atoms with E-state index in [1.165, 1.54) is 60.8 Å². The van der Waals surface area contributed by atoms with E-state index in [0.717, 1.165) is 56.2 Å². The molecule has 0 radical (unpaired) electrons. The summed E-state index contributed by atoms with van der Waals surface area (Å²) in [6.07, 6.45) is 10.3. The van der Waals surface area contributed by atoms with Crippen LogP contribution in [0, 0.1) is 24.5 Å². The van der Waals surface area contributed by atoms with Crippen LogP contribution in [0.15, 0.2) is 243 Å². The number of terminal acetylenes is 1. The van der Waals surface area contributed by atoms with Crippen molar-refractivity contribution in [2.75, 3.05) is 4.90 Å². The van der Waals surface area contributed by atoms with E-state index in [2.05, 4.69) is 269 Å². The predicted octanol–water partition coefficient (Wildman–Crippen LogP) is 16.8. The lowest BCUT2D eigenvalue weighted by Gasteiger charge is -2.35. The molecule has 12 aromatic rings. The molecule has 2 heterocycles. The summed E-state index contributed by atoms with van der Waals surface area (Å²) in [6.45, 7) is 2.02. The van der Waals surface area contributed by atoms with E-state index in [0.29, 0.717) is 0 Å². The normalized spacial score (nSPS) is 12.5. The van der Waals surface area contributed by atoms with Crippen molar-refractivity contribution in [1.29, 1.82) is 0 Å². The van der Waals surface area contributed by atoms with Gasteiger partial charge in [-0.3, -0.25) is 0 Å². The Morgan fingerprint density at radius 1 is 0.493 bits per heavy atom. The molecule has 332 valence electrons. The number of aromatic nitrogens is 2. The largest absolute Gasteiger partial charge is 0.310 e. The van der Waals surface area contributed by atoms with Crippen LogP contribution in [0.1, 0.15) is 40.4 Å². The fourth-order valence-corrected chi connectivity index (χ4v) is 11.4. The molecule has 0 aliphatic heterocycles. The molecule has 10 aromatic carbocycles. The van der Waals surface area contributed by atoms with Crippen LogP contribution < -0.4 is 4.90 Å². The monoisotopic (exact) mass is 903 g/mol. The highest BCUT2D eigenvalue weighted by molar-refractivity contribution is 6.10. The number of hydrogen-bond donors (Lipinski definition) is 0. The molecule has 0 bridgehead atoms.